The summed E-state index contributed by atoms with van der Waals surface area (Å²) in [6.07, 6.45) is 1.79. The molecule has 3 rings (SSSR count). The SMILES string of the molecule is Cc1ncccc1-n1nc(C)c(B2OC(C)(C)C(C)(C)O2)c1C. The Kier molecular flexibility index (Phi) is 3.65. The van der Waals surface area contributed by atoms with Gasteiger partial charge in [0.25, 0.3) is 0 Å². The molecule has 1 fully saturated rings. The quantitative estimate of drug-likeness (QED) is 0.799. The minimum Gasteiger partial charge on any atom is -0.399 e. The monoisotopic (exact) mass is 313 g/mol. The summed E-state index contributed by atoms with van der Waals surface area (Å²) < 4.78 is 14.3. The largest absolute Gasteiger partial charge is 0.498 e. The number of hydrogen-bond donors (Lipinski definition) is 0. The molecule has 0 atom stereocenters. The van der Waals surface area contributed by atoms with Crippen molar-refractivity contribution in [1.29, 1.82) is 0 Å². The van der Waals surface area contributed by atoms with E-state index in [2.05, 4.69) is 32.7 Å². The molecular weight excluding hydrogens is 289 g/mol. The molecule has 0 aromatic carbocycles. The van der Waals surface area contributed by atoms with Gasteiger partial charge >= 0.3 is 7.12 Å². The Bertz CT molecular complexity index is 736. The van der Waals surface area contributed by atoms with Crippen molar-refractivity contribution in [2.45, 2.75) is 59.7 Å². The zero-order valence-electron chi connectivity index (χ0n) is 15.0. The van der Waals surface area contributed by atoms with Crippen LogP contribution in [-0.2, 0) is 9.31 Å². The standard InChI is InChI=1S/C17H24BN3O2/c1-11-14(9-8-10-19-11)21-13(3)15(12(2)20-21)18-22-16(4,5)17(6,7)23-18/h8-10H,1-7H3. The average Bonchev–Trinajstić information content (AvgIpc) is 2.83. The second kappa shape index (κ2) is 5.18. The van der Waals surface area contributed by atoms with E-state index < -0.39 is 7.12 Å². The fourth-order valence-electron chi connectivity index (χ4n) is 2.89. The summed E-state index contributed by atoms with van der Waals surface area (Å²) >= 11 is 0. The van der Waals surface area contributed by atoms with Gasteiger partial charge in [-0.25, -0.2) is 4.68 Å². The lowest BCUT2D eigenvalue weighted by Gasteiger charge is -2.32. The molecule has 0 saturated carbocycles. The molecule has 0 radical (unpaired) electrons. The van der Waals surface area contributed by atoms with Crippen LogP contribution in [-0.4, -0.2) is 33.1 Å². The summed E-state index contributed by atoms with van der Waals surface area (Å²) in [7, 11) is -0.397. The van der Waals surface area contributed by atoms with E-state index in [1.165, 1.54) is 0 Å². The Balaban J connectivity index is 2.05. The lowest BCUT2D eigenvalue weighted by Crippen LogP contribution is -2.41. The van der Waals surface area contributed by atoms with Gasteiger partial charge in [0, 0.05) is 17.4 Å². The molecule has 23 heavy (non-hydrogen) atoms. The molecule has 0 spiro atoms. The van der Waals surface area contributed by atoms with Gasteiger partial charge in [-0.2, -0.15) is 5.10 Å². The Labute approximate surface area is 138 Å². The van der Waals surface area contributed by atoms with E-state index in [4.69, 9.17) is 14.4 Å². The molecule has 3 heterocycles. The molecule has 2 aromatic rings. The van der Waals surface area contributed by atoms with E-state index in [1.807, 2.05) is 37.6 Å². The number of nitrogens with zero attached hydrogens (tertiary/aromatic N) is 3. The summed E-state index contributed by atoms with van der Waals surface area (Å²) in [6.45, 7) is 14.3. The van der Waals surface area contributed by atoms with Crippen molar-refractivity contribution in [3.05, 3.63) is 35.4 Å². The van der Waals surface area contributed by atoms with Crippen molar-refractivity contribution < 1.29 is 9.31 Å². The Morgan fingerprint density at radius 1 is 1.00 bits per heavy atom. The lowest BCUT2D eigenvalue weighted by molar-refractivity contribution is 0.00578. The smallest absolute Gasteiger partial charge is 0.399 e. The predicted molar refractivity (Wildman–Crippen MR) is 91.3 cm³/mol. The molecule has 1 saturated heterocycles. The van der Waals surface area contributed by atoms with Gasteiger partial charge in [0.15, 0.2) is 0 Å². The molecule has 0 amide bonds. The molecule has 0 N–H and O–H groups in total. The van der Waals surface area contributed by atoms with E-state index in [0.29, 0.717) is 0 Å². The van der Waals surface area contributed by atoms with Gasteiger partial charge in [-0.3, -0.25) is 4.98 Å². The summed E-state index contributed by atoms with van der Waals surface area (Å²) in [5, 5.41) is 4.70. The first-order chi connectivity index (χ1) is 10.6. The molecule has 0 bridgehead atoms. The summed E-state index contributed by atoms with van der Waals surface area (Å²) in [6, 6.07) is 3.95. The topological polar surface area (TPSA) is 49.2 Å². The number of rotatable bonds is 2. The van der Waals surface area contributed by atoms with Gasteiger partial charge in [-0.15, -0.1) is 0 Å². The van der Waals surface area contributed by atoms with E-state index in [1.54, 1.807) is 6.20 Å². The van der Waals surface area contributed by atoms with Crippen LogP contribution in [0.25, 0.3) is 5.69 Å². The van der Waals surface area contributed by atoms with Crippen LogP contribution in [0.4, 0.5) is 0 Å². The first-order valence-corrected chi connectivity index (χ1v) is 7.98. The molecule has 2 aromatic heterocycles. The second-order valence-corrected chi connectivity index (χ2v) is 7.19. The van der Waals surface area contributed by atoms with Gasteiger partial charge in [-0.1, -0.05) is 0 Å². The van der Waals surface area contributed by atoms with Gasteiger partial charge in [0.1, 0.15) is 0 Å². The highest BCUT2D eigenvalue weighted by Gasteiger charge is 2.53. The maximum absolute atomic E-state index is 6.20. The predicted octanol–water partition coefficient (Wildman–Crippen LogP) is 2.49. The second-order valence-electron chi connectivity index (χ2n) is 7.19. The van der Waals surface area contributed by atoms with Crippen molar-refractivity contribution >= 4 is 12.6 Å². The first-order valence-electron chi connectivity index (χ1n) is 7.98. The van der Waals surface area contributed by atoms with Crippen molar-refractivity contribution in [3.63, 3.8) is 0 Å². The van der Waals surface area contributed by atoms with Crippen LogP contribution >= 0.6 is 0 Å². The molecule has 122 valence electrons. The van der Waals surface area contributed by atoms with Crippen LogP contribution in [0, 0.1) is 20.8 Å². The highest BCUT2D eigenvalue weighted by Crippen LogP contribution is 2.37. The van der Waals surface area contributed by atoms with Crippen LogP contribution in [0.1, 0.15) is 44.8 Å². The average molecular weight is 313 g/mol. The zero-order chi connectivity index (χ0) is 17.0. The van der Waals surface area contributed by atoms with Gasteiger partial charge in [-0.05, 0) is 60.6 Å². The fourth-order valence-corrected chi connectivity index (χ4v) is 2.89. The van der Waals surface area contributed by atoms with Crippen LogP contribution in [0.15, 0.2) is 18.3 Å². The zero-order valence-corrected chi connectivity index (χ0v) is 15.0. The van der Waals surface area contributed by atoms with Gasteiger partial charge in [0.2, 0.25) is 0 Å². The normalized spacial score (nSPS) is 19.3. The van der Waals surface area contributed by atoms with Crippen LogP contribution < -0.4 is 5.46 Å². The maximum atomic E-state index is 6.20. The van der Waals surface area contributed by atoms with Gasteiger partial charge < -0.3 is 9.31 Å². The molecule has 0 unspecified atom stereocenters. The van der Waals surface area contributed by atoms with Crippen LogP contribution in [0.5, 0.6) is 0 Å². The van der Waals surface area contributed by atoms with E-state index in [0.717, 1.165) is 28.2 Å². The minimum absolute atomic E-state index is 0.358. The highest BCUT2D eigenvalue weighted by molar-refractivity contribution is 6.63. The number of hydrogen-bond acceptors (Lipinski definition) is 4. The van der Waals surface area contributed by atoms with Gasteiger partial charge in [0.05, 0.1) is 28.3 Å². The highest BCUT2D eigenvalue weighted by atomic mass is 16.7. The third-order valence-corrected chi connectivity index (χ3v) is 5.04. The number of aromatic nitrogens is 3. The number of pyridine rings is 1. The summed E-state index contributed by atoms with van der Waals surface area (Å²) in [5.74, 6) is 0. The van der Waals surface area contributed by atoms with E-state index >= 15 is 0 Å². The molecule has 6 heteroatoms. The first kappa shape index (κ1) is 16.2. The Hall–Kier alpha value is -1.66. The third kappa shape index (κ3) is 2.50. The molecule has 1 aliphatic rings. The molecule has 0 aliphatic carbocycles. The van der Waals surface area contributed by atoms with E-state index in [-0.39, 0.29) is 11.2 Å². The van der Waals surface area contributed by atoms with Crippen molar-refractivity contribution in [1.82, 2.24) is 14.8 Å². The summed E-state index contributed by atoms with van der Waals surface area (Å²) in [5.41, 5.74) is 4.16. The lowest BCUT2D eigenvalue weighted by atomic mass is 9.77. The number of aryl methyl sites for hydroxylation is 2. The van der Waals surface area contributed by atoms with Crippen molar-refractivity contribution in [2.75, 3.05) is 0 Å². The Morgan fingerprint density at radius 3 is 2.17 bits per heavy atom. The van der Waals surface area contributed by atoms with Crippen molar-refractivity contribution in [3.8, 4) is 5.69 Å². The minimum atomic E-state index is -0.397. The maximum Gasteiger partial charge on any atom is 0.498 e. The van der Waals surface area contributed by atoms with Crippen molar-refractivity contribution in [2.24, 2.45) is 0 Å². The summed E-state index contributed by atoms with van der Waals surface area (Å²) in [4.78, 5) is 4.36. The fraction of sp³-hybridized carbons (Fsp3) is 0.529. The molecular formula is C17H24BN3O2. The van der Waals surface area contributed by atoms with Crippen LogP contribution in [0.3, 0.4) is 0 Å². The van der Waals surface area contributed by atoms with Crippen LogP contribution in [0.2, 0.25) is 0 Å². The van der Waals surface area contributed by atoms with E-state index in [9.17, 15) is 0 Å². The third-order valence-electron chi connectivity index (χ3n) is 5.04. The molecule has 1 aliphatic heterocycles. The Morgan fingerprint density at radius 2 is 1.61 bits per heavy atom. The molecule has 5 nitrogen and oxygen atoms in total.